The first kappa shape index (κ1) is 8.63. The van der Waals surface area contributed by atoms with Crippen molar-refractivity contribution in [2.24, 2.45) is 5.92 Å². The lowest BCUT2D eigenvalue weighted by Gasteiger charge is -2.05. The molecule has 0 N–H and O–H groups in total. The molecule has 0 radical (unpaired) electrons. The standard InChI is InChI=1S/C7H12OS/c1-4-7(9)8-5-6(2)3/h4,6H,1,5H2,2-3H3. The quantitative estimate of drug-likeness (QED) is 0.443. The van der Waals surface area contributed by atoms with E-state index < -0.39 is 0 Å². The molecular weight excluding hydrogens is 132 g/mol. The van der Waals surface area contributed by atoms with Gasteiger partial charge in [-0.05, 0) is 24.2 Å². The lowest BCUT2D eigenvalue weighted by Crippen LogP contribution is -2.04. The lowest BCUT2D eigenvalue weighted by molar-refractivity contribution is 0.267. The zero-order valence-electron chi connectivity index (χ0n) is 5.89. The molecule has 0 aromatic carbocycles. The molecule has 52 valence electrons. The second-order valence-corrected chi connectivity index (χ2v) is 2.63. The molecule has 0 unspecified atom stereocenters. The molecule has 2 heteroatoms. The van der Waals surface area contributed by atoms with Crippen LogP contribution in [0.3, 0.4) is 0 Å². The highest BCUT2D eigenvalue weighted by atomic mass is 32.1. The molecule has 0 fully saturated rings. The molecule has 1 nitrogen and oxygen atoms in total. The predicted octanol–water partition coefficient (Wildman–Crippen LogP) is 2.17. The van der Waals surface area contributed by atoms with Crippen LogP contribution in [0, 0.1) is 5.92 Å². The van der Waals surface area contributed by atoms with Gasteiger partial charge in [-0.1, -0.05) is 20.4 Å². The Morgan fingerprint density at radius 1 is 1.78 bits per heavy atom. The van der Waals surface area contributed by atoms with E-state index in [4.69, 9.17) is 17.0 Å². The smallest absolute Gasteiger partial charge is 0.183 e. The van der Waals surface area contributed by atoms with Gasteiger partial charge in [0.15, 0.2) is 5.05 Å². The molecule has 0 spiro atoms. The Balaban J connectivity index is 3.27. The minimum absolute atomic E-state index is 0.490. The van der Waals surface area contributed by atoms with Gasteiger partial charge in [-0.25, -0.2) is 0 Å². The van der Waals surface area contributed by atoms with Gasteiger partial charge in [0.1, 0.15) is 0 Å². The van der Waals surface area contributed by atoms with Crippen molar-refractivity contribution in [2.75, 3.05) is 6.61 Å². The van der Waals surface area contributed by atoms with Crippen LogP contribution in [0.15, 0.2) is 12.7 Å². The molecule has 0 saturated heterocycles. The molecule has 0 saturated carbocycles. The zero-order valence-corrected chi connectivity index (χ0v) is 6.70. The van der Waals surface area contributed by atoms with Crippen molar-refractivity contribution in [3.8, 4) is 0 Å². The Labute approximate surface area is 61.7 Å². The molecular formula is C7H12OS. The van der Waals surface area contributed by atoms with Crippen LogP contribution in [0.1, 0.15) is 13.8 Å². The summed E-state index contributed by atoms with van der Waals surface area (Å²) in [5, 5.41) is 0.490. The fourth-order valence-electron chi connectivity index (χ4n) is 0.308. The van der Waals surface area contributed by atoms with Crippen molar-refractivity contribution in [2.45, 2.75) is 13.8 Å². The second kappa shape index (κ2) is 4.50. The van der Waals surface area contributed by atoms with Gasteiger partial charge in [0.25, 0.3) is 0 Å². The van der Waals surface area contributed by atoms with Crippen LogP contribution in [-0.4, -0.2) is 11.7 Å². The number of hydrogen-bond acceptors (Lipinski definition) is 2. The molecule has 0 bridgehead atoms. The molecule has 9 heavy (non-hydrogen) atoms. The lowest BCUT2D eigenvalue weighted by atomic mass is 10.2. The van der Waals surface area contributed by atoms with E-state index in [9.17, 15) is 0 Å². The summed E-state index contributed by atoms with van der Waals surface area (Å²) in [4.78, 5) is 0. The first-order chi connectivity index (χ1) is 4.16. The molecule has 0 amide bonds. The maximum atomic E-state index is 5.07. The van der Waals surface area contributed by atoms with Crippen molar-refractivity contribution in [1.29, 1.82) is 0 Å². The molecule has 0 atom stereocenters. The number of rotatable bonds is 3. The Kier molecular flexibility index (Phi) is 4.32. The van der Waals surface area contributed by atoms with Crippen LogP contribution in [0.25, 0.3) is 0 Å². The van der Waals surface area contributed by atoms with Crippen molar-refractivity contribution < 1.29 is 4.74 Å². The molecule has 0 aliphatic rings. The number of thiocarbonyl (C=S) groups is 1. The monoisotopic (exact) mass is 144 g/mol. The van der Waals surface area contributed by atoms with Gasteiger partial charge < -0.3 is 4.74 Å². The van der Waals surface area contributed by atoms with Crippen molar-refractivity contribution in [3.05, 3.63) is 12.7 Å². The maximum Gasteiger partial charge on any atom is 0.183 e. The topological polar surface area (TPSA) is 9.23 Å². The highest BCUT2D eigenvalue weighted by molar-refractivity contribution is 7.80. The summed E-state index contributed by atoms with van der Waals surface area (Å²) in [6.07, 6.45) is 1.54. The van der Waals surface area contributed by atoms with Gasteiger partial charge in [-0.3, -0.25) is 0 Å². The summed E-state index contributed by atoms with van der Waals surface area (Å²) in [6, 6.07) is 0. The average Bonchev–Trinajstić information content (AvgIpc) is 1.83. The summed E-state index contributed by atoms with van der Waals surface area (Å²) in [5.74, 6) is 0.530. The fourth-order valence-corrected chi connectivity index (χ4v) is 0.376. The molecule has 0 aromatic heterocycles. The van der Waals surface area contributed by atoms with E-state index in [0.29, 0.717) is 17.6 Å². The Morgan fingerprint density at radius 2 is 2.33 bits per heavy atom. The molecule has 0 aliphatic carbocycles. The summed E-state index contributed by atoms with van der Waals surface area (Å²) >= 11 is 4.73. The molecule has 0 aromatic rings. The van der Waals surface area contributed by atoms with Crippen LogP contribution in [-0.2, 0) is 4.74 Å². The number of hydrogen-bond donors (Lipinski definition) is 0. The van der Waals surface area contributed by atoms with Gasteiger partial charge in [0.05, 0.1) is 6.61 Å². The molecule has 0 heterocycles. The Bertz CT molecular complexity index is 107. The van der Waals surface area contributed by atoms with Crippen molar-refractivity contribution >= 4 is 17.3 Å². The predicted molar refractivity (Wildman–Crippen MR) is 43.6 cm³/mol. The summed E-state index contributed by atoms with van der Waals surface area (Å²) < 4.78 is 5.07. The van der Waals surface area contributed by atoms with E-state index in [1.165, 1.54) is 6.08 Å². The van der Waals surface area contributed by atoms with E-state index in [1.807, 2.05) is 0 Å². The van der Waals surface area contributed by atoms with E-state index >= 15 is 0 Å². The SMILES string of the molecule is C=CC(=S)OCC(C)C. The molecule has 0 aliphatic heterocycles. The Morgan fingerprint density at radius 3 is 2.67 bits per heavy atom. The van der Waals surface area contributed by atoms with Crippen LogP contribution >= 0.6 is 12.2 Å². The second-order valence-electron chi connectivity index (χ2n) is 2.23. The fraction of sp³-hybridized carbons (Fsp3) is 0.571. The minimum atomic E-state index is 0.490. The average molecular weight is 144 g/mol. The van der Waals surface area contributed by atoms with Gasteiger partial charge in [0.2, 0.25) is 0 Å². The third-order valence-corrected chi connectivity index (χ3v) is 1.01. The van der Waals surface area contributed by atoms with Crippen LogP contribution in [0.5, 0.6) is 0 Å². The van der Waals surface area contributed by atoms with Crippen LogP contribution < -0.4 is 0 Å². The zero-order chi connectivity index (χ0) is 7.28. The van der Waals surface area contributed by atoms with E-state index in [2.05, 4.69) is 20.4 Å². The third kappa shape index (κ3) is 5.50. The van der Waals surface area contributed by atoms with Gasteiger partial charge in [0, 0.05) is 0 Å². The minimum Gasteiger partial charge on any atom is -0.483 e. The Hall–Kier alpha value is -0.370. The largest absolute Gasteiger partial charge is 0.483 e. The first-order valence-corrected chi connectivity index (χ1v) is 3.37. The van der Waals surface area contributed by atoms with Gasteiger partial charge >= 0.3 is 0 Å². The highest BCUT2D eigenvalue weighted by Gasteiger charge is 1.93. The van der Waals surface area contributed by atoms with Crippen molar-refractivity contribution in [3.63, 3.8) is 0 Å². The van der Waals surface area contributed by atoms with Crippen LogP contribution in [0.4, 0.5) is 0 Å². The maximum absolute atomic E-state index is 5.07. The van der Waals surface area contributed by atoms with E-state index in [-0.39, 0.29) is 0 Å². The summed E-state index contributed by atoms with van der Waals surface area (Å²) in [5.41, 5.74) is 0. The number of ether oxygens (including phenoxy) is 1. The summed E-state index contributed by atoms with van der Waals surface area (Å²) in [6.45, 7) is 8.31. The van der Waals surface area contributed by atoms with Crippen molar-refractivity contribution in [1.82, 2.24) is 0 Å². The summed E-state index contributed by atoms with van der Waals surface area (Å²) in [7, 11) is 0. The third-order valence-electron chi connectivity index (χ3n) is 0.726. The normalized spacial score (nSPS) is 9.22. The highest BCUT2D eigenvalue weighted by Crippen LogP contribution is 1.93. The van der Waals surface area contributed by atoms with E-state index in [1.54, 1.807) is 0 Å². The van der Waals surface area contributed by atoms with Gasteiger partial charge in [-0.15, -0.1) is 0 Å². The van der Waals surface area contributed by atoms with Gasteiger partial charge in [-0.2, -0.15) is 0 Å². The van der Waals surface area contributed by atoms with Crippen LogP contribution in [0.2, 0.25) is 0 Å². The molecule has 0 rings (SSSR count). The van der Waals surface area contributed by atoms with E-state index in [0.717, 1.165) is 0 Å². The first-order valence-electron chi connectivity index (χ1n) is 2.96.